The van der Waals surface area contributed by atoms with Crippen molar-refractivity contribution in [2.24, 2.45) is 5.41 Å². The van der Waals surface area contributed by atoms with Gasteiger partial charge in [-0.25, -0.2) is 9.59 Å². The van der Waals surface area contributed by atoms with Gasteiger partial charge in [0, 0.05) is 17.7 Å². The third-order valence-corrected chi connectivity index (χ3v) is 4.53. The van der Waals surface area contributed by atoms with Crippen LogP contribution in [0.3, 0.4) is 0 Å². The first-order valence-corrected chi connectivity index (χ1v) is 10.8. The standard InChI is InChI=1S/C24H26ClN3O5/c1-14(2)31-23(30)26-17-9-10-19(18(25)12-17)32-22(29)16-8-6-7-15(11-16)21-27-20(33-28-21)13-24(3,4)5/h6-12,14H,13H2,1-5H3,(H,26,30). The van der Waals surface area contributed by atoms with E-state index in [9.17, 15) is 9.59 Å². The van der Waals surface area contributed by atoms with Gasteiger partial charge >= 0.3 is 12.1 Å². The number of benzene rings is 2. The van der Waals surface area contributed by atoms with Gasteiger partial charge in [-0.3, -0.25) is 5.32 Å². The number of anilines is 1. The van der Waals surface area contributed by atoms with Crippen molar-refractivity contribution in [2.75, 3.05) is 5.32 Å². The van der Waals surface area contributed by atoms with Crippen LogP contribution in [-0.2, 0) is 11.2 Å². The highest BCUT2D eigenvalue weighted by Gasteiger charge is 2.19. The number of ether oxygens (including phenoxy) is 2. The first-order chi connectivity index (χ1) is 15.5. The second kappa shape index (κ2) is 10.0. The zero-order valence-corrected chi connectivity index (χ0v) is 19.9. The number of carbonyl (C=O) groups excluding carboxylic acids is 2. The van der Waals surface area contributed by atoms with E-state index < -0.39 is 12.1 Å². The van der Waals surface area contributed by atoms with E-state index in [4.69, 9.17) is 25.6 Å². The lowest BCUT2D eigenvalue weighted by Crippen LogP contribution is -2.18. The smallest absolute Gasteiger partial charge is 0.411 e. The van der Waals surface area contributed by atoms with Gasteiger partial charge in [0.1, 0.15) is 5.75 Å². The Morgan fingerprint density at radius 3 is 2.58 bits per heavy atom. The largest absolute Gasteiger partial charge is 0.447 e. The maximum absolute atomic E-state index is 12.7. The highest BCUT2D eigenvalue weighted by Crippen LogP contribution is 2.29. The first kappa shape index (κ1) is 24.3. The molecule has 0 aliphatic carbocycles. The van der Waals surface area contributed by atoms with Crippen molar-refractivity contribution in [3.8, 4) is 17.1 Å². The topological polar surface area (TPSA) is 104 Å². The summed E-state index contributed by atoms with van der Waals surface area (Å²) >= 11 is 6.23. The first-order valence-electron chi connectivity index (χ1n) is 10.4. The van der Waals surface area contributed by atoms with Gasteiger partial charge in [-0.15, -0.1) is 0 Å². The number of esters is 1. The molecule has 1 amide bonds. The third-order valence-electron chi connectivity index (χ3n) is 4.23. The molecular weight excluding hydrogens is 446 g/mol. The quantitative estimate of drug-likeness (QED) is 0.339. The van der Waals surface area contributed by atoms with Crippen LogP contribution in [0, 0.1) is 5.41 Å². The maximum Gasteiger partial charge on any atom is 0.411 e. The second-order valence-corrected chi connectivity index (χ2v) is 9.35. The molecule has 9 heteroatoms. The van der Waals surface area contributed by atoms with Gasteiger partial charge < -0.3 is 14.0 Å². The third kappa shape index (κ3) is 7.05. The van der Waals surface area contributed by atoms with Crippen LogP contribution in [0.1, 0.15) is 50.9 Å². The van der Waals surface area contributed by atoms with Crippen LogP contribution in [0.25, 0.3) is 11.4 Å². The molecule has 33 heavy (non-hydrogen) atoms. The van der Waals surface area contributed by atoms with Crippen LogP contribution in [0.15, 0.2) is 47.0 Å². The number of nitrogens with one attached hydrogen (secondary N) is 1. The average molecular weight is 472 g/mol. The number of hydrogen-bond acceptors (Lipinski definition) is 7. The molecule has 0 aliphatic rings. The minimum atomic E-state index is -0.602. The van der Waals surface area contributed by atoms with Crippen LogP contribution < -0.4 is 10.1 Å². The average Bonchev–Trinajstić information content (AvgIpc) is 3.16. The van der Waals surface area contributed by atoms with E-state index in [1.807, 2.05) is 0 Å². The molecule has 0 fully saturated rings. The number of halogens is 1. The van der Waals surface area contributed by atoms with Gasteiger partial charge in [-0.05, 0) is 49.6 Å². The Labute approximate surface area is 197 Å². The van der Waals surface area contributed by atoms with E-state index in [1.54, 1.807) is 44.2 Å². The lowest BCUT2D eigenvalue weighted by molar-refractivity contribution is 0.0734. The van der Waals surface area contributed by atoms with E-state index in [2.05, 4.69) is 36.2 Å². The molecule has 1 aromatic heterocycles. The highest BCUT2D eigenvalue weighted by molar-refractivity contribution is 6.32. The van der Waals surface area contributed by atoms with Crippen molar-refractivity contribution in [3.63, 3.8) is 0 Å². The predicted molar refractivity (Wildman–Crippen MR) is 125 cm³/mol. The van der Waals surface area contributed by atoms with Crippen molar-refractivity contribution in [2.45, 2.75) is 47.1 Å². The summed E-state index contributed by atoms with van der Waals surface area (Å²) in [5.41, 5.74) is 1.35. The van der Waals surface area contributed by atoms with Crippen LogP contribution in [0.5, 0.6) is 5.75 Å². The molecule has 174 valence electrons. The molecular formula is C24H26ClN3O5. The van der Waals surface area contributed by atoms with Gasteiger partial charge in [0.25, 0.3) is 0 Å². The van der Waals surface area contributed by atoms with Crippen LogP contribution in [0.2, 0.25) is 5.02 Å². The van der Waals surface area contributed by atoms with Gasteiger partial charge in [-0.1, -0.05) is 49.7 Å². The van der Waals surface area contributed by atoms with E-state index >= 15 is 0 Å². The summed E-state index contributed by atoms with van der Waals surface area (Å²) in [4.78, 5) is 28.8. The van der Waals surface area contributed by atoms with Gasteiger partial charge in [0.15, 0.2) is 0 Å². The Bertz CT molecular complexity index is 1150. The number of amides is 1. The van der Waals surface area contributed by atoms with E-state index in [0.29, 0.717) is 35.0 Å². The lowest BCUT2D eigenvalue weighted by atomic mass is 9.92. The fourth-order valence-electron chi connectivity index (χ4n) is 2.86. The summed E-state index contributed by atoms with van der Waals surface area (Å²) in [5.74, 6) is 0.479. The van der Waals surface area contributed by atoms with Crippen molar-refractivity contribution in [1.29, 1.82) is 0 Å². The Morgan fingerprint density at radius 2 is 1.91 bits per heavy atom. The maximum atomic E-state index is 12.7. The van der Waals surface area contributed by atoms with E-state index in [1.165, 1.54) is 12.1 Å². The number of hydrogen-bond donors (Lipinski definition) is 1. The second-order valence-electron chi connectivity index (χ2n) is 8.94. The molecule has 1 N–H and O–H groups in total. The zero-order valence-electron chi connectivity index (χ0n) is 19.1. The Balaban J connectivity index is 1.70. The summed E-state index contributed by atoms with van der Waals surface area (Å²) in [6.45, 7) is 9.73. The molecule has 2 aromatic carbocycles. The Hall–Kier alpha value is -3.39. The lowest BCUT2D eigenvalue weighted by Gasteiger charge is -2.13. The molecule has 0 bridgehead atoms. The van der Waals surface area contributed by atoms with E-state index in [-0.39, 0.29) is 22.3 Å². The molecule has 0 radical (unpaired) electrons. The SMILES string of the molecule is CC(C)OC(=O)Nc1ccc(OC(=O)c2cccc(-c3noc(CC(C)(C)C)n3)c2)c(Cl)c1. The molecule has 3 rings (SSSR count). The zero-order chi connectivity index (χ0) is 24.2. The van der Waals surface area contributed by atoms with Crippen molar-refractivity contribution >= 4 is 29.4 Å². The summed E-state index contributed by atoms with van der Waals surface area (Å²) < 4.78 is 15.8. The number of nitrogens with zero attached hydrogens (tertiary/aromatic N) is 2. The molecule has 8 nitrogen and oxygen atoms in total. The number of carbonyl (C=O) groups is 2. The summed E-state index contributed by atoms with van der Waals surface area (Å²) in [6.07, 6.45) is -0.218. The minimum absolute atomic E-state index is 0.00846. The van der Waals surface area contributed by atoms with Crippen molar-refractivity contribution < 1.29 is 23.6 Å². The van der Waals surface area contributed by atoms with Crippen LogP contribution in [0.4, 0.5) is 10.5 Å². The molecule has 0 spiro atoms. The molecule has 3 aromatic rings. The Morgan fingerprint density at radius 1 is 1.15 bits per heavy atom. The minimum Gasteiger partial charge on any atom is -0.447 e. The van der Waals surface area contributed by atoms with Gasteiger partial charge in [-0.2, -0.15) is 4.98 Å². The predicted octanol–water partition coefficient (Wildman–Crippen LogP) is 6.15. The number of rotatable bonds is 6. The molecule has 0 atom stereocenters. The fourth-order valence-corrected chi connectivity index (χ4v) is 3.08. The fraction of sp³-hybridized carbons (Fsp3) is 0.333. The molecule has 1 heterocycles. The summed E-state index contributed by atoms with van der Waals surface area (Å²) in [5, 5.41) is 6.73. The number of aromatic nitrogens is 2. The molecule has 0 saturated heterocycles. The Kier molecular flexibility index (Phi) is 7.38. The van der Waals surface area contributed by atoms with Crippen LogP contribution >= 0.6 is 11.6 Å². The van der Waals surface area contributed by atoms with Gasteiger partial charge in [0.05, 0.1) is 16.7 Å². The van der Waals surface area contributed by atoms with Gasteiger partial charge in [0.2, 0.25) is 11.7 Å². The normalized spacial score (nSPS) is 11.4. The molecule has 0 saturated carbocycles. The van der Waals surface area contributed by atoms with Crippen molar-refractivity contribution in [3.05, 3.63) is 58.9 Å². The highest BCUT2D eigenvalue weighted by atomic mass is 35.5. The van der Waals surface area contributed by atoms with Crippen molar-refractivity contribution in [1.82, 2.24) is 10.1 Å². The summed E-state index contributed by atoms with van der Waals surface area (Å²) in [6, 6.07) is 11.3. The molecule has 0 aliphatic heterocycles. The summed E-state index contributed by atoms with van der Waals surface area (Å²) in [7, 11) is 0. The van der Waals surface area contributed by atoms with E-state index in [0.717, 1.165) is 0 Å². The monoisotopic (exact) mass is 471 g/mol. The van der Waals surface area contributed by atoms with Crippen LogP contribution in [-0.4, -0.2) is 28.3 Å². The molecule has 0 unspecified atom stereocenters.